The fraction of sp³-hybridized carbons (Fsp3) is 0.958. The quantitative estimate of drug-likeness (QED) is 0.571. The molecule has 5 heteroatoms. The molecule has 0 heterocycles. The van der Waals surface area contributed by atoms with Crippen molar-refractivity contribution in [2.75, 3.05) is 0 Å². The highest BCUT2D eigenvalue weighted by atomic mass is 16.4. The van der Waals surface area contributed by atoms with Gasteiger partial charge in [-0.25, -0.2) is 0 Å². The van der Waals surface area contributed by atoms with Crippen LogP contribution in [0.2, 0.25) is 0 Å². The van der Waals surface area contributed by atoms with Gasteiger partial charge in [0.15, 0.2) is 0 Å². The van der Waals surface area contributed by atoms with E-state index < -0.39 is 12.1 Å². The predicted octanol–water partition coefficient (Wildman–Crippen LogP) is 3.45. The van der Waals surface area contributed by atoms with Gasteiger partial charge in [0.1, 0.15) is 0 Å². The van der Waals surface area contributed by atoms with Crippen molar-refractivity contribution >= 4 is 5.97 Å². The third-order valence-electron chi connectivity index (χ3n) is 10.3. The number of hydrogen-bond acceptors (Lipinski definition) is 4. The van der Waals surface area contributed by atoms with Crippen molar-refractivity contribution in [3.63, 3.8) is 0 Å². The summed E-state index contributed by atoms with van der Waals surface area (Å²) in [4.78, 5) is 11.1. The van der Waals surface area contributed by atoms with Crippen LogP contribution >= 0.6 is 0 Å². The number of aliphatic hydroxyl groups is 3. The molecule has 0 radical (unpaired) electrons. The van der Waals surface area contributed by atoms with Gasteiger partial charge in [0, 0.05) is 6.42 Å². The van der Waals surface area contributed by atoms with Gasteiger partial charge in [0.05, 0.1) is 18.3 Å². The molecule has 4 fully saturated rings. The summed E-state index contributed by atoms with van der Waals surface area (Å²) < 4.78 is 0. The summed E-state index contributed by atoms with van der Waals surface area (Å²) in [6, 6.07) is 0. The zero-order valence-electron chi connectivity index (χ0n) is 18.3. The van der Waals surface area contributed by atoms with Crippen molar-refractivity contribution in [1.29, 1.82) is 0 Å². The molecule has 0 spiro atoms. The van der Waals surface area contributed by atoms with E-state index in [9.17, 15) is 20.1 Å². The molecule has 0 aliphatic heterocycles. The summed E-state index contributed by atoms with van der Waals surface area (Å²) in [6.45, 7) is 6.72. The highest BCUT2D eigenvalue weighted by Gasteiger charge is 2.65. The standard InChI is InChI=1S/C24H40O5/c1-13(4-7-21(28)29)16-5-6-17-22-18(12-20(27)24(16,17)3)23(2)9-8-15(25)10-14(23)11-19(22)26/h13-20,22,25-27H,4-12H2,1-3H3,(H,28,29)/t13-,14?,15-,16?,17?,18?,19?,20+,22?,23?,24?/m1/s1. The van der Waals surface area contributed by atoms with E-state index >= 15 is 0 Å². The highest BCUT2D eigenvalue weighted by molar-refractivity contribution is 5.66. The number of rotatable bonds is 4. The lowest BCUT2D eigenvalue weighted by Crippen LogP contribution is -2.62. The Morgan fingerprint density at radius 1 is 1.03 bits per heavy atom. The maximum atomic E-state index is 11.5. The number of carboxylic acid groups (broad SMARTS) is 1. The average Bonchev–Trinajstić information content (AvgIpc) is 3.01. The minimum atomic E-state index is -0.748. The summed E-state index contributed by atoms with van der Waals surface area (Å²) in [6.07, 6.45) is 6.00. The molecule has 4 rings (SSSR count). The molecular formula is C24H40O5. The fourth-order valence-electron chi connectivity index (χ4n) is 8.68. The average molecular weight is 409 g/mol. The summed E-state index contributed by atoms with van der Waals surface area (Å²) in [5.41, 5.74) is -0.143. The Morgan fingerprint density at radius 3 is 2.45 bits per heavy atom. The Hall–Kier alpha value is -0.650. The Kier molecular flexibility index (Phi) is 5.57. The fourth-order valence-corrected chi connectivity index (χ4v) is 8.68. The molecule has 4 saturated carbocycles. The van der Waals surface area contributed by atoms with E-state index in [-0.39, 0.29) is 41.3 Å². The highest BCUT2D eigenvalue weighted by Crippen LogP contribution is 2.68. The SMILES string of the molecule is C[C@H](CCC(=O)O)C1CCC2C3C(O)CC4C[C@H](O)CCC4(C)C3C[C@H](O)C21C. The molecule has 11 atom stereocenters. The molecule has 29 heavy (non-hydrogen) atoms. The maximum absolute atomic E-state index is 11.5. The van der Waals surface area contributed by atoms with Crippen LogP contribution in [0.1, 0.15) is 78.6 Å². The molecule has 0 bridgehead atoms. The third-order valence-corrected chi connectivity index (χ3v) is 10.3. The van der Waals surface area contributed by atoms with Gasteiger partial charge in [-0.3, -0.25) is 4.79 Å². The molecular weight excluding hydrogens is 368 g/mol. The van der Waals surface area contributed by atoms with E-state index in [4.69, 9.17) is 5.11 Å². The number of fused-ring (bicyclic) bond motifs is 5. The number of carbonyl (C=O) groups is 1. The van der Waals surface area contributed by atoms with Crippen LogP contribution in [0.5, 0.6) is 0 Å². The van der Waals surface area contributed by atoms with Crippen molar-refractivity contribution in [3.8, 4) is 0 Å². The molecule has 5 nitrogen and oxygen atoms in total. The summed E-state index contributed by atoms with van der Waals surface area (Å²) in [7, 11) is 0. The normalized spacial score (nSPS) is 52.9. The smallest absolute Gasteiger partial charge is 0.303 e. The van der Waals surface area contributed by atoms with Crippen LogP contribution in [0.25, 0.3) is 0 Å². The minimum Gasteiger partial charge on any atom is -0.481 e. The number of carboxylic acids is 1. The van der Waals surface area contributed by atoms with Crippen molar-refractivity contribution < 1.29 is 25.2 Å². The summed E-state index contributed by atoms with van der Waals surface area (Å²) >= 11 is 0. The first-order valence-corrected chi connectivity index (χ1v) is 11.8. The second-order valence-corrected chi connectivity index (χ2v) is 11.4. The minimum absolute atomic E-state index is 0.0957. The largest absolute Gasteiger partial charge is 0.481 e. The molecule has 4 aliphatic carbocycles. The van der Waals surface area contributed by atoms with Gasteiger partial charge in [-0.05, 0) is 97.7 Å². The monoisotopic (exact) mass is 408 g/mol. The Morgan fingerprint density at radius 2 is 1.76 bits per heavy atom. The second kappa shape index (κ2) is 7.49. The van der Waals surface area contributed by atoms with E-state index in [1.807, 2.05) is 0 Å². The number of aliphatic carboxylic acids is 1. The van der Waals surface area contributed by atoms with Crippen LogP contribution < -0.4 is 0 Å². The second-order valence-electron chi connectivity index (χ2n) is 11.4. The van der Waals surface area contributed by atoms with Gasteiger partial charge in [0.2, 0.25) is 0 Å². The Balaban J connectivity index is 1.61. The molecule has 0 saturated heterocycles. The molecule has 166 valence electrons. The van der Waals surface area contributed by atoms with E-state index in [0.29, 0.717) is 30.1 Å². The van der Waals surface area contributed by atoms with Crippen molar-refractivity contribution in [2.45, 2.75) is 96.9 Å². The molecule has 8 unspecified atom stereocenters. The number of hydrogen-bond donors (Lipinski definition) is 4. The van der Waals surface area contributed by atoms with Crippen LogP contribution in [0.4, 0.5) is 0 Å². The Bertz CT molecular complexity index is 637. The van der Waals surface area contributed by atoms with Gasteiger partial charge >= 0.3 is 5.97 Å². The first-order valence-electron chi connectivity index (χ1n) is 11.8. The first kappa shape index (κ1) is 21.6. The maximum Gasteiger partial charge on any atom is 0.303 e. The Labute approximate surface area is 174 Å². The van der Waals surface area contributed by atoms with Crippen LogP contribution in [-0.4, -0.2) is 44.7 Å². The van der Waals surface area contributed by atoms with Gasteiger partial charge in [-0.15, -0.1) is 0 Å². The van der Waals surface area contributed by atoms with E-state index in [1.165, 1.54) is 0 Å². The molecule has 4 N–H and O–H groups in total. The third kappa shape index (κ3) is 3.27. The van der Waals surface area contributed by atoms with E-state index in [1.54, 1.807) is 0 Å². The molecule has 0 aromatic rings. The topological polar surface area (TPSA) is 98.0 Å². The lowest BCUT2D eigenvalue weighted by atomic mass is 9.43. The van der Waals surface area contributed by atoms with Crippen molar-refractivity contribution in [3.05, 3.63) is 0 Å². The van der Waals surface area contributed by atoms with Crippen LogP contribution in [-0.2, 0) is 4.79 Å². The zero-order chi connectivity index (χ0) is 21.1. The summed E-state index contributed by atoms with van der Waals surface area (Å²) in [5.74, 6) is 0.997. The van der Waals surface area contributed by atoms with Crippen LogP contribution in [0.3, 0.4) is 0 Å². The summed E-state index contributed by atoms with van der Waals surface area (Å²) in [5, 5.41) is 42.0. The van der Waals surface area contributed by atoms with Crippen LogP contribution in [0.15, 0.2) is 0 Å². The lowest BCUT2D eigenvalue weighted by molar-refractivity contribution is -0.207. The number of aliphatic hydroxyl groups excluding tert-OH is 3. The predicted molar refractivity (Wildman–Crippen MR) is 110 cm³/mol. The van der Waals surface area contributed by atoms with E-state index in [0.717, 1.165) is 44.9 Å². The van der Waals surface area contributed by atoms with E-state index in [2.05, 4.69) is 20.8 Å². The zero-order valence-corrected chi connectivity index (χ0v) is 18.3. The lowest BCUT2D eigenvalue weighted by Gasteiger charge is -2.63. The van der Waals surface area contributed by atoms with Crippen LogP contribution in [0, 0.1) is 46.3 Å². The van der Waals surface area contributed by atoms with Gasteiger partial charge in [-0.1, -0.05) is 20.8 Å². The molecule has 4 aliphatic rings. The van der Waals surface area contributed by atoms with Gasteiger partial charge < -0.3 is 20.4 Å². The first-order chi connectivity index (χ1) is 13.6. The molecule has 0 aromatic heterocycles. The van der Waals surface area contributed by atoms with Crippen molar-refractivity contribution in [2.24, 2.45) is 46.3 Å². The van der Waals surface area contributed by atoms with Gasteiger partial charge in [-0.2, -0.15) is 0 Å². The van der Waals surface area contributed by atoms with Gasteiger partial charge in [0.25, 0.3) is 0 Å². The van der Waals surface area contributed by atoms with Crippen molar-refractivity contribution in [1.82, 2.24) is 0 Å². The molecule has 0 aromatic carbocycles. The molecule has 0 amide bonds.